The van der Waals surface area contributed by atoms with Crippen molar-refractivity contribution in [2.75, 3.05) is 19.0 Å². The molecule has 98 valence electrons. The third-order valence-electron chi connectivity index (χ3n) is 3.21. The number of nitrogens with zero attached hydrogens (tertiary/aromatic N) is 3. The molecule has 0 spiro atoms. The summed E-state index contributed by atoms with van der Waals surface area (Å²) in [5.74, 6) is 0.682. The van der Waals surface area contributed by atoms with Crippen LogP contribution in [-0.2, 0) is 6.54 Å². The summed E-state index contributed by atoms with van der Waals surface area (Å²) in [6.45, 7) is 9.42. The summed E-state index contributed by atoms with van der Waals surface area (Å²) in [5.41, 5.74) is 1.14. The highest BCUT2D eigenvalue weighted by atomic mass is 35.5. The van der Waals surface area contributed by atoms with Crippen LogP contribution in [-0.4, -0.2) is 33.6 Å². The number of rotatable bonds is 8. The topological polar surface area (TPSA) is 21.1 Å². The lowest BCUT2D eigenvalue weighted by Crippen LogP contribution is -2.25. The van der Waals surface area contributed by atoms with E-state index in [4.69, 9.17) is 11.6 Å². The molecule has 1 aromatic heterocycles. The molecule has 0 aliphatic heterocycles. The van der Waals surface area contributed by atoms with Crippen molar-refractivity contribution in [2.24, 2.45) is 0 Å². The Kier molecular flexibility index (Phi) is 6.60. The average molecular weight is 258 g/mol. The lowest BCUT2D eigenvalue weighted by molar-refractivity contribution is 0.291. The van der Waals surface area contributed by atoms with Crippen molar-refractivity contribution < 1.29 is 0 Å². The van der Waals surface area contributed by atoms with E-state index in [1.54, 1.807) is 0 Å². The summed E-state index contributed by atoms with van der Waals surface area (Å²) < 4.78 is 2.10. The normalized spacial score (nSPS) is 11.6. The maximum Gasteiger partial charge on any atom is 0.0764 e. The van der Waals surface area contributed by atoms with Crippen molar-refractivity contribution in [3.63, 3.8) is 0 Å². The molecule has 1 heterocycles. The molecule has 0 saturated carbocycles. The fourth-order valence-corrected chi connectivity index (χ4v) is 2.26. The SMILES string of the molecule is CCC(CC)n1ccc(CN(CC)CCCl)n1. The number of hydrogen-bond donors (Lipinski definition) is 0. The summed E-state index contributed by atoms with van der Waals surface area (Å²) in [6, 6.07) is 2.65. The van der Waals surface area contributed by atoms with E-state index < -0.39 is 0 Å². The van der Waals surface area contributed by atoms with Gasteiger partial charge in [0, 0.05) is 25.2 Å². The largest absolute Gasteiger partial charge is 0.297 e. The molecular formula is C13H24ClN3. The zero-order chi connectivity index (χ0) is 12.7. The highest BCUT2D eigenvalue weighted by Crippen LogP contribution is 2.15. The molecule has 0 aliphatic rings. The molecule has 0 atom stereocenters. The first-order valence-corrected chi connectivity index (χ1v) is 7.10. The molecule has 4 heteroatoms. The van der Waals surface area contributed by atoms with E-state index in [0.29, 0.717) is 11.9 Å². The van der Waals surface area contributed by atoms with Gasteiger partial charge in [0.15, 0.2) is 0 Å². The van der Waals surface area contributed by atoms with Crippen LogP contribution in [0.3, 0.4) is 0 Å². The Morgan fingerprint density at radius 2 is 2.06 bits per heavy atom. The van der Waals surface area contributed by atoms with Gasteiger partial charge < -0.3 is 0 Å². The molecule has 0 aliphatic carbocycles. The highest BCUT2D eigenvalue weighted by molar-refractivity contribution is 6.18. The van der Waals surface area contributed by atoms with E-state index in [0.717, 1.165) is 38.2 Å². The van der Waals surface area contributed by atoms with Gasteiger partial charge in [0.2, 0.25) is 0 Å². The van der Waals surface area contributed by atoms with E-state index in [-0.39, 0.29) is 0 Å². The van der Waals surface area contributed by atoms with Gasteiger partial charge in [-0.2, -0.15) is 5.10 Å². The molecular weight excluding hydrogens is 234 g/mol. The number of hydrogen-bond acceptors (Lipinski definition) is 2. The monoisotopic (exact) mass is 257 g/mol. The van der Waals surface area contributed by atoms with Crippen LogP contribution in [0, 0.1) is 0 Å². The summed E-state index contributed by atoms with van der Waals surface area (Å²) in [7, 11) is 0. The fourth-order valence-electron chi connectivity index (χ4n) is 2.03. The van der Waals surface area contributed by atoms with Crippen molar-refractivity contribution in [1.29, 1.82) is 0 Å². The van der Waals surface area contributed by atoms with Gasteiger partial charge in [-0.25, -0.2) is 0 Å². The van der Waals surface area contributed by atoms with Gasteiger partial charge in [-0.05, 0) is 25.5 Å². The van der Waals surface area contributed by atoms with Crippen LogP contribution in [0.2, 0.25) is 0 Å². The van der Waals surface area contributed by atoms with Crippen LogP contribution in [0.5, 0.6) is 0 Å². The van der Waals surface area contributed by atoms with Crippen LogP contribution in [0.4, 0.5) is 0 Å². The van der Waals surface area contributed by atoms with Gasteiger partial charge in [0.05, 0.1) is 11.7 Å². The summed E-state index contributed by atoms with van der Waals surface area (Å²) in [4.78, 5) is 2.31. The predicted molar refractivity (Wildman–Crippen MR) is 73.5 cm³/mol. The Bertz CT molecular complexity index is 307. The molecule has 0 saturated heterocycles. The molecule has 0 N–H and O–H groups in total. The van der Waals surface area contributed by atoms with Crippen LogP contribution in [0.25, 0.3) is 0 Å². The number of halogens is 1. The Morgan fingerprint density at radius 1 is 1.35 bits per heavy atom. The Morgan fingerprint density at radius 3 is 2.59 bits per heavy atom. The first kappa shape index (κ1) is 14.5. The predicted octanol–water partition coefficient (Wildman–Crippen LogP) is 3.30. The molecule has 3 nitrogen and oxygen atoms in total. The number of alkyl halides is 1. The maximum atomic E-state index is 5.77. The summed E-state index contributed by atoms with van der Waals surface area (Å²) in [5, 5.41) is 4.65. The molecule has 0 bridgehead atoms. The van der Waals surface area contributed by atoms with Crippen molar-refractivity contribution in [2.45, 2.75) is 46.2 Å². The molecule has 1 rings (SSSR count). The minimum absolute atomic E-state index is 0.534. The molecule has 1 aromatic rings. The molecule has 0 fully saturated rings. The van der Waals surface area contributed by atoms with Gasteiger partial charge in [-0.3, -0.25) is 9.58 Å². The second-order valence-corrected chi connectivity index (χ2v) is 4.69. The molecule has 0 aromatic carbocycles. The van der Waals surface area contributed by atoms with Gasteiger partial charge in [0.1, 0.15) is 0 Å². The van der Waals surface area contributed by atoms with Crippen molar-refractivity contribution >= 4 is 11.6 Å². The van der Waals surface area contributed by atoms with Crippen LogP contribution in [0.1, 0.15) is 45.3 Å². The smallest absolute Gasteiger partial charge is 0.0764 e. The van der Waals surface area contributed by atoms with Crippen molar-refractivity contribution in [3.8, 4) is 0 Å². The van der Waals surface area contributed by atoms with E-state index >= 15 is 0 Å². The number of aromatic nitrogens is 2. The van der Waals surface area contributed by atoms with Gasteiger partial charge >= 0.3 is 0 Å². The van der Waals surface area contributed by atoms with Crippen LogP contribution >= 0.6 is 11.6 Å². The van der Waals surface area contributed by atoms with E-state index in [1.165, 1.54) is 0 Å². The maximum absolute atomic E-state index is 5.77. The van der Waals surface area contributed by atoms with E-state index in [1.807, 2.05) is 0 Å². The zero-order valence-electron chi connectivity index (χ0n) is 11.2. The minimum atomic E-state index is 0.534. The Balaban J connectivity index is 2.60. The van der Waals surface area contributed by atoms with Crippen LogP contribution in [0.15, 0.2) is 12.3 Å². The lowest BCUT2D eigenvalue weighted by Gasteiger charge is -2.17. The quantitative estimate of drug-likeness (QED) is 0.667. The van der Waals surface area contributed by atoms with Gasteiger partial charge in [-0.1, -0.05) is 20.8 Å². The molecule has 0 amide bonds. The Hall–Kier alpha value is -0.540. The highest BCUT2D eigenvalue weighted by Gasteiger charge is 2.09. The lowest BCUT2D eigenvalue weighted by atomic mass is 10.2. The van der Waals surface area contributed by atoms with Crippen molar-refractivity contribution in [1.82, 2.24) is 14.7 Å². The van der Waals surface area contributed by atoms with Crippen molar-refractivity contribution in [3.05, 3.63) is 18.0 Å². The minimum Gasteiger partial charge on any atom is -0.297 e. The second kappa shape index (κ2) is 7.72. The zero-order valence-corrected chi connectivity index (χ0v) is 12.0. The standard InChI is InChI=1S/C13H24ClN3/c1-4-13(5-2)17-9-7-12(15-17)11-16(6-3)10-8-14/h7,9,13H,4-6,8,10-11H2,1-3H3. The fraction of sp³-hybridized carbons (Fsp3) is 0.769. The molecule has 0 radical (unpaired) electrons. The molecule has 0 unspecified atom stereocenters. The van der Waals surface area contributed by atoms with E-state index in [9.17, 15) is 0 Å². The van der Waals surface area contributed by atoms with Gasteiger partial charge in [0.25, 0.3) is 0 Å². The molecule has 17 heavy (non-hydrogen) atoms. The third kappa shape index (κ3) is 4.32. The first-order chi connectivity index (χ1) is 8.24. The van der Waals surface area contributed by atoms with Crippen LogP contribution < -0.4 is 0 Å². The Labute approximate surface area is 110 Å². The summed E-state index contributed by atoms with van der Waals surface area (Å²) >= 11 is 5.77. The van der Waals surface area contributed by atoms with E-state index in [2.05, 4.69) is 47.7 Å². The summed E-state index contributed by atoms with van der Waals surface area (Å²) in [6.07, 6.45) is 4.37. The second-order valence-electron chi connectivity index (χ2n) is 4.32. The first-order valence-electron chi connectivity index (χ1n) is 6.57. The van der Waals surface area contributed by atoms with Gasteiger partial charge in [-0.15, -0.1) is 11.6 Å². The third-order valence-corrected chi connectivity index (χ3v) is 3.38. The average Bonchev–Trinajstić information content (AvgIpc) is 2.79.